The van der Waals surface area contributed by atoms with Gasteiger partial charge in [0.15, 0.2) is 0 Å². The number of carbonyl (C=O) groups is 4. The lowest BCUT2D eigenvalue weighted by atomic mass is 10.1. The van der Waals surface area contributed by atoms with Crippen molar-refractivity contribution >= 4 is 23.7 Å². The maximum absolute atomic E-state index is 12.2. The largest absolute Gasteiger partial charge is 0.480 e. The van der Waals surface area contributed by atoms with E-state index in [0.29, 0.717) is 19.4 Å². The van der Waals surface area contributed by atoms with Gasteiger partial charge in [0.05, 0.1) is 6.04 Å². The van der Waals surface area contributed by atoms with Crippen LogP contribution in [0.15, 0.2) is 0 Å². The van der Waals surface area contributed by atoms with Crippen LogP contribution in [0, 0.1) is 0 Å². The second-order valence-corrected chi connectivity index (χ2v) is 4.91. The van der Waals surface area contributed by atoms with E-state index in [4.69, 9.17) is 16.6 Å². The third-order valence-electron chi connectivity index (χ3n) is 3.27. The fourth-order valence-corrected chi connectivity index (χ4v) is 2.22. The van der Waals surface area contributed by atoms with E-state index < -0.39 is 42.3 Å². The van der Waals surface area contributed by atoms with Gasteiger partial charge >= 0.3 is 5.97 Å². The summed E-state index contributed by atoms with van der Waals surface area (Å²) in [6, 6.07) is -1.61. The molecule has 21 heavy (non-hydrogen) atoms. The van der Waals surface area contributed by atoms with Crippen molar-refractivity contribution < 1.29 is 24.3 Å². The summed E-state index contributed by atoms with van der Waals surface area (Å²) in [5, 5.41) is 10.8. The molecule has 0 unspecified atom stereocenters. The van der Waals surface area contributed by atoms with Crippen molar-refractivity contribution in [2.75, 3.05) is 13.1 Å². The average molecular weight is 300 g/mol. The third kappa shape index (κ3) is 5.03. The number of carboxylic acids is 1. The number of likely N-dealkylation sites (tertiary alicyclic amines) is 1. The molecule has 0 radical (unpaired) electrons. The quantitative estimate of drug-likeness (QED) is 0.417. The predicted molar refractivity (Wildman–Crippen MR) is 71.8 cm³/mol. The van der Waals surface area contributed by atoms with Crippen LogP contribution in [-0.2, 0) is 19.2 Å². The van der Waals surface area contributed by atoms with Crippen LogP contribution in [0.25, 0.3) is 0 Å². The number of carboxylic acid groups (broad SMARTS) is 1. The molecule has 1 rings (SSSR count). The van der Waals surface area contributed by atoms with Crippen LogP contribution in [-0.4, -0.2) is 58.9 Å². The van der Waals surface area contributed by atoms with E-state index in [0.717, 1.165) is 0 Å². The minimum atomic E-state index is -1.16. The number of amides is 3. The zero-order chi connectivity index (χ0) is 16.0. The first kappa shape index (κ1) is 16.9. The third-order valence-corrected chi connectivity index (χ3v) is 3.27. The van der Waals surface area contributed by atoms with Crippen LogP contribution in [0.5, 0.6) is 0 Å². The number of hydrogen-bond donors (Lipinski definition) is 4. The summed E-state index contributed by atoms with van der Waals surface area (Å²) in [7, 11) is 0. The molecular formula is C12H20N4O5. The second kappa shape index (κ2) is 7.58. The minimum Gasteiger partial charge on any atom is -0.480 e. The van der Waals surface area contributed by atoms with E-state index >= 15 is 0 Å². The summed E-state index contributed by atoms with van der Waals surface area (Å²) >= 11 is 0. The molecule has 2 atom stereocenters. The Hall–Kier alpha value is -2.16. The molecular weight excluding hydrogens is 280 g/mol. The van der Waals surface area contributed by atoms with E-state index in [2.05, 4.69) is 5.32 Å². The van der Waals surface area contributed by atoms with E-state index in [1.807, 2.05) is 0 Å². The van der Waals surface area contributed by atoms with Gasteiger partial charge in [-0.3, -0.25) is 19.2 Å². The molecule has 0 bridgehead atoms. The van der Waals surface area contributed by atoms with Crippen molar-refractivity contribution in [2.45, 2.75) is 37.8 Å². The first-order valence-electron chi connectivity index (χ1n) is 6.66. The molecule has 0 aromatic heterocycles. The molecule has 1 aliphatic heterocycles. The number of nitrogens with one attached hydrogen (secondary N) is 1. The average Bonchev–Trinajstić information content (AvgIpc) is 2.90. The highest BCUT2D eigenvalue weighted by Crippen LogP contribution is 2.19. The van der Waals surface area contributed by atoms with E-state index in [1.165, 1.54) is 4.90 Å². The number of rotatable bonds is 7. The predicted octanol–water partition coefficient (Wildman–Crippen LogP) is -2.23. The number of primary amides is 1. The van der Waals surface area contributed by atoms with Crippen molar-refractivity contribution in [1.29, 1.82) is 0 Å². The van der Waals surface area contributed by atoms with Crippen LogP contribution >= 0.6 is 0 Å². The Labute approximate surface area is 121 Å². The molecule has 0 aliphatic carbocycles. The molecule has 9 heteroatoms. The van der Waals surface area contributed by atoms with Gasteiger partial charge < -0.3 is 26.8 Å². The molecule has 0 spiro atoms. The monoisotopic (exact) mass is 300 g/mol. The molecule has 1 heterocycles. The van der Waals surface area contributed by atoms with Crippen LogP contribution in [0.4, 0.5) is 0 Å². The van der Waals surface area contributed by atoms with Crippen LogP contribution < -0.4 is 16.8 Å². The Balaban J connectivity index is 2.59. The highest BCUT2D eigenvalue weighted by Gasteiger charge is 2.36. The first-order valence-corrected chi connectivity index (χ1v) is 6.66. The number of nitrogens with zero attached hydrogens (tertiary/aromatic N) is 1. The molecule has 118 valence electrons. The molecule has 0 aromatic carbocycles. The second-order valence-electron chi connectivity index (χ2n) is 4.91. The Morgan fingerprint density at radius 2 is 2.00 bits per heavy atom. The maximum Gasteiger partial charge on any atom is 0.322 e. The number of carbonyl (C=O) groups excluding carboxylic acids is 3. The van der Waals surface area contributed by atoms with Gasteiger partial charge in [0, 0.05) is 13.0 Å². The highest BCUT2D eigenvalue weighted by molar-refractivity contribution is 5.91. The van der Waals surface area contributed by atoms with Gasteiger partial charge in [0.2, 0.25) is 17.7 Å². The fourth-order valence-electron chi connectivity index (χ4n) is 2.22. The summed E-state index contributed by atoms with van der Waals surface area (Å²) in [6.45, 7) is -0.112. The summed E-state index contributed by atoms with van der Waals surface area (Å²) in [5.74, 6) is -2.64. The zero-order valence-corrected chi connectivity index (χ0v) is 11.6. The fraction of sp³-hybridized carbons (Fsp3) is 0.667. The molecule has 3 amide bonds. The van der Waals surface area contributed by atoms with Gasteiger partial charge in [-0.05, 0) is 19.3 Å². The zero-order valence-electron chi connectivity index (χ0n) is 11.6. The number of nitrogens with two attached hydrogens (primary N) is 2. The molecule has 0 aromatic rings. The van der Waals surface area contributed by atoms with Crippen LogP contribution in [0.2, 0.25) is 0 Å². The van der Waals surface area contributed by atoms with Crippen molar-refractivity contribution in [1.82, 2.24) is 10.2 Å². The van der Waals surface area contributed by atoms with Gasteiger partial charge in [0.1, 0.15) is 12.6 Å². The molecule has 1 saturated heterocycles. The summed E-state index contributed by atoms with van der Waals surface area (Å²) in [6.07, 6.45) is 1.21. The van der Waals surface area contributed by atoms with Crippen molar-refractivity contribution in [2.24, 2.45) is 11.5 Å². The highest BCUT2D eigenvalue weighted by atomic mass is 16.4. The van der Waals surface area contributed by atoms with E-state index in [9.17, 15) is 19.2 Å². The normalized spacial score (nSPS) is 19.1. The molecule has 0 saturated carbocycles. The summed E-state index contributed by atoms with van der Waals surface area (Å²) < 4.78 is 0. The lowest BCUT2D eigenvalue weighted by Gasteiger charge is -2.26. The topological polar surface area (TPSA) is 156 Å². The lowest BCUT2D eigenvalue weighted by molar-refractivity contribution is -0.141. The molecule has 1 fully saturated rings. The smallest absolute Gasteiger partial charge is 0.322 e. The Bertz CT molecular complexity index is 439. The molecule has 1 aliphatic rings. The van der Waals surface area contributed by atoms with Crippen molar-refractivity contribution in [3.05, 3.63) is 0 Å². The minimum absolute atomic E-state index is 0.00335. The lowest BCUT2D eigenvalue weighted by Crippen LogP contribution is -2.51. The van der Waals surface area contributed by atoms with E-state index in [1.54, 1.807) is 0 Å². The Morgan fingerprint density at radius 3 is 2.57 bits per heavy atom. The van der Waals surface area contributed by atoms with Gasteiger partial charge in [0.25, 0.3) is 0 Å². The van der Waals surface area contributed by atoms with Gasteiger partial charge in [-0.2, -0.15) is 0 Å². The SMILES string of the molecule is NC(=O)CC[C@H](N)C(=O)N1CCC[C@H]1C(=O)NCC(=O)O. The summed E-state index contributed by atoms with van der Waals surface area (Å²) in [4.78, 5) is 46.5. The van der Waals surface area contributed by atoms with Gasteiger partial charge in [-0.1, -0.05) is 0 Å². The maximum atomic E-state index is 12.2. The van der Waals surface area contributed by atoms with Crippen molar-refractivity contribution in [3.8, 4) is 0 Å². The molecule has 6 N–H and O–H groups in total. The number of aliphatic carboxylic acids is 1. The van der Waals surface area contributed by atoms with Crippen LogP contribution in [0.3, 0.4) is 0 Å². The van der Waals surface area contributed by atoms with E-state index in [-0.39, 0.29) is 12.8 Å². The Kier molecular flexibility index (Phi) is 6.10. The van der Waals surface area contributed by atoms with Crippen LogP contribution in [0.1, 0.15) is 25.7 Å². The van der Waals surface area contributed by atoms with Gasteiger partial charge in [-0.15, -0.1) is 0 Å². The molecule has 9 nitrogen and oxygen atoms in total. The van der Waals surface area contributed by atoms with Crippen molar-refractivity contribution in [3.63, 3.8) is 0 Å². The standard InChI is InChI=1S/C12H20N4O5/c13-7(3-4-9(14)17)12(21)16-5-1-2-8(16)11(20)15-6-10(18)19/h7-8H,1-6,13H2,(H2,14,17)(H,15,20)(H,18,19)/t7-,8-/m0/s1. The summed E-state index contributed by atoms with van der Waals surface area (Å²) in [5.41, 5.74) is 10.7. The van der Waals surface area contributed by atoms with Gasteiger partial charge in [-0.25, -0.2) is 0 Å². The Morgan fingerprint density at radius 1 is 1.33 bits per heavy atom. The first-order chi connectivity index (χ1) is 9.82. The number of hydrogen-bond acceptors (Lipinski definition) is 5.